The number of piperidine rings is 1. The van der Waals surface area contributed by atoms with Crippen LogP contribution in [0.1, 0.15) is 43.1 Å². The van der Waals surface area contributed by atoms with Gasteiger partial charge < -0.3 is 20.3 Å². The van der Waals surface area contributed by atoms with Crippen molar-refractivity contribution < 1.29 is 14.3 Å². The number of hydrogen-bond donors (Lipinski definition) is 2. The molecule has 1 aliphatic heterocycles. The van der Waals surface area contributed by atoms with E-state index in [9.17, 15) is 14.7 Å². The van der Waals surface area contributed by atoms with Crippen LogP contribution in [0.3, 0.4) is 0 Å². The lowest BCUT2D eigenvalue weighted by Crippen LogP contribution is -2.46. The second kappa shape index (κ2) is 7.31. The van der Waals surface area contributed by atoms with E-state index in [1.54, 1.807) is 4.57 Å². The summed E-state index contributed by atoms with van der Waals surface area (Å²) in [6.45, 7) is 7.65. The maximum atomic E-state index is 15.2. The minimum absolute atomic E-state index is 0.0989. The Hall–Kier alpha value is -2.41. The number of carbonyl (C=O) groups is 1. The molecule has 0 spiro atoms. The molecule has 0 unspecified atom stereocenters. The SMILES string of the molecule is CCc1c(N2CC[C@H](N)[C@H](C)C2)c(F)cc2c(=O)c(C(=O)O)cn(CC)c12. The van der Waals surface area contributed by atoms with Gasteiger partial charge in [0.15, 0.2) is 0 Å². The summed E-state index contributed by atoms with van der Waals surface area (Å²) in [6.07, 6.45) is 2.68. The van der Waals surface area contributed by atoms with Gasteiger partial charge in [-0.3, -0.25) is 4.79 Å². The minimum Gasteiger partial charge on any atom is -0.477 e. The number of benzene rings is 1. The van der Waals surface area contributed by atoms with Crippen molar-refractivity contribution in [3.63, 3.8) is 0 Å². The van der Waals surface area contributed by atoms with Crippen LogP contribution in [0.4, 0.5) is 10.1 Å². The number of aryl methyl sites for hydroxylation is 2. The summed E-state index contributed by atoms with van der Waals surface area (Å²) in [4.78, 5) is 26.1. The van der Waals surface area contributed by atoms with Crippen molar-refractivity contribution in [2.24, 2.45) is 11.7 Å². The summed E-state index contributed by atoms with van der Waals surface area (Å²) >= 11 is 0. The number of nitrogens with two attached hydrogens (primary N) is 1. The Balaban J connectivity index is 2.31. The van der Waals surface area contributed by atoms with Crippen LogP contribution in [0, 0.1) is 11.7 Å². The molecule has 2 heterocycles. The normalized spacial score (nSPS) is 20.3. The second-order valence-electron chi connectivity index (χ2n) is 7.27. The zero-order valence-corrected chi connectivity index (χ0v) is 16.0. The molecule has 146 valence electrons. The van der Waals surface area contributed by atoms with E-state index in [-0.39, 0.29) is 22.9 Å². The van der Waals surface area contributed by atoms with Crippen LogP contribution >= 0.6 is 0 Å². The first-order valence-electron chi connectivity index (χ1n) is 9.42. The van der Waals surface area contributed by atoms with Gasteiger partial charge in [0.1, 0.15) is 11.4 Å². The number of aromatic nitrogens is 1. The predicted octanol–water partition coefficient (Wildman–Crippen LogP) is 2.59. The molecule has 1 aliphatic rings. The first-order valence-corrected chi connectivity index (χ1v) is 9.42. The Morgan fingerprint density at radius 3 is 2.67 bits per heavy atom. The van der Waals surface area contributed by atoms with Gasteiger partial charge in [0.05, 0.1) is 11.2 Å². The molecule has 1 aromatic heterocycles. The van der Waals surface area contributed by atoms with Crippen molar-refractivity contribution >= 4 is 22.6 Å². The van der Waals surface area contributed by atoms with E-state index in [2.05, 4.69) is 6.92 Å². The molecule has 2 atom stereocenters. The second-order valence-corrected chi connectivity index (χ2v) is 7.27. The Kier molecular flexibility index (Phi) is 5.24. The van der Waals surface area contributed by atoms with E-state index >= 15 is 4.39 Å². The minimum atomic E-state index is -1.30. The highest BCUT2D eigenvalue weighted by Gasteiger charge is 2.28. The van der Waals surface area contributed by atoms with E-state index in [1.807, 2.05) is 18.7 Å². The maximum Gasteiger partial charge on any atom is 0.341 e. The van der Waals surface area contributed by atoms with Crippen molar-refractivity contribution in [1.29, 1.82) is 0 Å². The molecule has 6 nitrogen and oxygen atoms in total. The van der Waals surface area contributed by atoms with E-state index in [0.717, 1.165) is 12.0 Å². The van der Waals surface area contributed by atoms with Crippen LogP contribution in [0.5, 0.6) is 0 Å². The number of halogens is 1. The number of rotatable bonds is 4. The van der Waals surface area contributed by atoms with Gasteiger partial charge in [0, 0.05) is 42.8 Å². The molecule has 3 N–H and O–H groups in total. The molecule has 0 radical (unpaired) electrons. The van der Waals surface area contributed by atoms with Crippen molar-refractivity contribution in [2.75, 3.05) is 18.0 Å². The highest BCUT2D eigenvalue weighted by atomic mass is 19.1. The van der Waals surface area contributed by atoms with Crippen LogP contribution in [0.2, 0.25) is 0 Å². The first-order chi connectivity index (χ1) is 12.8. The van der Waals surface area contributed by atoms with Crippen LogP contribution in [-0.4, -0.2) is 34.8 Å². The van der Waals surface area contributed by atoms with Gasteiger partial charge >= 0.3 is 5.97 Å². The van der Waals surface area contributed by atoms with Gasteiger partial charge in [-0.1, -0.05) is 13.8 Å². The lowest BCUT2D eigenvalue weighted by atomic mass is 9.93. The largest absolute Gasteiger partial charge is 0.477 e. The number of hydrogen-bond acceptors (Lipinski definition) is 4. The van der Waals surface area contributed by atoms with Crippen LogP contribution in [-0.2, 0) is 13.0 Å². The van der Waals surface area contributed by atoms with Crippen LogP contribution in [0.15, 0.2) is 17.1 Å². The molecule has 0 bridgehead atoms. The lowest BCUT2D eigenvalue weighted by molar-refractivity contribution is 0.0695. The fourth-order valence-electron chi connectivity index (χ4n) is 4.05. The van der Waals surface area contributed by atoms with Gasteiger partial charge in [-0.15, -0.1) is 0 Å². The van der Waals surface area contributed by atoms with E-state index in [0.29, 0.717) is 37.3 Å². The summed E-state index contributed by atoms with van der Waals surface area (Å²) in [7, 11) is 0. The summed E-state index contributed by atoms with van der Waals surface area (Å²) in [5.41, 5.74) is 6.99. The summed E-state index contributed by atoms with van der Waals surface area (Å²) < 4.78 is 16.9. The van der Waals surface area contributed by atoms with E-state index in [4.69, 9.17) is 5.73 Å². The van der Waals surface area contributed by atoms with Crippen molar-refractivity contribution in [3.8, 4) is 0 Å². The molecule has 3 rings (SSSR count). The Morgan fingerprint density at radius 1 is 1.41 bits per heavy atom. The van der Waals surface area contributed by atoms with Crippen LogP contribution < -0.4 is 16.1 Å². The zero-order valence-electron chi connectivity index (χ0n) is 16.0. The topological polar surface area (TPSA) is 88.6 Å². The van der Waals surface area contributed by atoms with Gasteiger partial charge in [-0.25, -0.2) is 9.18 Å². The summed E-state index contributed by atoms with van der Waals surface area (Å²) in [6, 6.07) is 1.30. The monoisotopic (exact) mass is 375 g/mol. The van der Waals surface area contributed by atoms with Gasteiger partial charge in [-0.05, 0) is 31.7 Å². The fourth-order valence-corrected chi connectivity index (χ4v) is 4.05. The standard InChI is InChI=1S/C20H26FN3O3/c1-4-12-17-13(19(25)14(20(26)27)10-23(17)5-2)8-15(21)18(12)24-7-6-16(22)11(3)9-24/h8,10-11,16H,4-7,9,22H2,1-3H3,(H,26,27)/t11-,16+/m1/s1. The zero-order chi connectivity index (χ0) is 19.9. The van der Waals surface area contributed by atoms with Crippen LogP contribution in [0.25, 0.3) is 10.9 Å². The molecule has 0 saturated carbocycles. The van der Waals surface area contributed by atoms with Crippen molar-refractivity contribution in [3.05, 3.63) is 39.4 Å². The molecule has 0 aliphatic carbocycles. The average Bonchev–Trinajstić information content (AvgIpc) is 2.63. The molecule has 27 heavy (non-hydrogen) atoms. The number of anilines is 1. The summed E-state index contributed by atoms with van der Waals surface area (Å²) in [5.74, 6) is -1.55. The Labute approximate surface area is 157 Å². The third-order valence-corrected chi connectivity index (χ3v) is 5.60. The smallest absolute Gasteiger partial charge is 0.341 e. The third kappa shape index (κ3) is 3.20. The lowest BCUT2D eigenvalue weighted by Gasteiger charge is -2.38. The Bertz CT molecular complexity index is 954. The third-order valence-electron chi connectivity index (χ3n) is 5.60. The molecule has 2 aromatic rings. The fraction of sp³-hybridized carbons (Fsp3) is 0.500. The van der Waals surface area contributed by atoms with Gasteiger partial charge in [-0.2, -0.15) is 0 Å². The van der Waals surface area contributed by atoms with Crippen molar-refractivity contribution in [1.82, 2.24) is 4.57 Å². The summed E-state index contributed by atoms with van der Waals surface area (Å²) in [5, 5.41) is 9.45. The number of fused-ring (bicyclic) bond motifs is 1. The maximum absolute atomic E-state index is 15.2. The molecule has 1 saturated heterocycles. The molecule has 1 fully saturated rings. The number of carboxylic acid groups (broad SMARTS) is 1. The van der Waals surface area contributed by atoms with Gasteiger partial charge in [0.25, 0.3) is 0 Å². The Morgan fingerprint density at radius 2 is 2.11 bits per heavy atom. The van der Waals surface area contributed by atoms with E-state index in [1.165, 1.54) is 12.3 Å². The molecule has 0 amide bonds. The average molecular weight is 375 g/mol. The molecular weight excluding hydrogens is 349 g/mol. The number of aromatic carboxylic acids is 1. The predicted molar refractivity (Wildman–Crippen MR) is 104 cm³/mol. The highest BCUT2D eigenvalue weighted by Crippen LogP contribution is 2.34. The van der Waals surface area contributed by atoms with E-state index < -0.39 is 17.2 Å². The van der Waals surface area contributed by atoms with Gasteiger partial charge in [0.2, 0.25) is 5.43 Å². The number of nitrogens with zero attached hydrogens (tertiary/aromatic N) is 2. The first kappa shape index (κ1) is 19.4. The molecule has 1 aromatic carbocycles. The highest BCUT2D eigenvalue weighted by molar-refractivity contribution is 5.95. The quantitative estimate of drug-likeness (QED) is 0.858. The molecule has 7 heteroatoms. The molecular formula is C20H26FN3O3. The number of carboxylic acids is 1. The van der Waals surface area contributed by atoms with Crippen molar-refractivity contribution in [2.45, 2.75) is 46.2 Å². The number of pyridine rings is 1.